The summed E-state index contributed by atoms with van der Waals surface area (Å²) in [5, 5.41) is 7.37. The van der Waals surface area contributed by atoms with Crippen molar-refractivity contribution in [1.29, 1.82) is 0 Å². The van der Waals surface area contributed by atoms with Crippen LogP contribution in [0.2, 0.25) is 0 Å². The van der Waals surface area contributed by atoms with E-state index in [1.807, 2.05) is 67.7 Å². The molecule has 0 atom stereocenters. The molecular formula is C19H19N3OS. The van der Waals surface area contributed by atoms with Crippen LogP contribution in [0.15, 0.2) is 60.8 Å². The number of para-hydroxylation sites is 1. The van der Waals surface area contributed by atoms with Crippen molar-refractivity contribution in [3.63, 3.8) is 0 Å². The quantitative estimate of drug-likeness (QED) is 0.755. The lowest BCUT2D eigenvalue weighted by Crippen LogP contribution is -2.13. The van der Waals surface area contributed by atoms with E-state index in [0.29, 0.717) is 11.4 Å². The van der Waals surface area contributed by atoms with Crippen LogP contribution >= 0.6 is 11.8 Å². The minimum atomic E-state index is -0.146. The second kappa shape index (κ2) is 7.36. The summed E-state index contributed by atoms with van der Waals surface area (Å²) in [6, 6.07) is 17.5. The van der Waals surface area contributed by atoms with Crippen molar-refractivity contribution in [3.8, 4) is 5.69 Å². The van der Waals surface area contributed by atoms with E-state index in [1.165, 1.54) is 5.56 Å². The first kappa shape index (κ1) is 16.3. The van der Waals surface area contributed by atoms with Gasteiger partial charge in [0.2, 0.25) is 0 Å². The summed E-state index contributed by atoms with van der Waals surface area (Å²) in [5.74, 6) is 1.38. The van der Waals surface area contributed by atoms with Gasteiger partial charge in [-0.3, -0.25) is 4.79 Å². The Morgan fingerprint density at radius 2 is 1.83 bits per heavy atom. The molecule has 1 N–H and O–H groups in total. The highest BCUT2D eigenvalue weighted by Crippen LogP contribution is 2.17. The Bertz CT molecular complexity index is 826. The fourth-order valence-electron chi connectivity index (χ4n) is 2.40. The van der Waals surface area contributed by atoms with Gasteiger partial charge in [-0.25, -0.2) is 4.68 Å². The number of thioether (sulfide) groups is 1. The van der Waals surface area contributed by atoms with Crippen LogP contribution in [-0.2, 0) is 5.75 Å². The van der Waals surface area contributed by atoms with Crippen molar-refractivity contribution in [3.05, 3.63) is 77.5 Å². The molecule has 0 saturated carbocycles. The maximum Gasteiger partial charge on any atom is 0.256 e. The van der Waals surface area contributed by atoms with Gasteiger partial charge in [0.25, 0.3) is 5.91 Å². The summed E-state index contributed by atoms with van der Waals surface area (Å²) in [6.07, 6.45) is 3.97. The number of anilines is 1. The number of nitrogens with zero attached hydrogens (tertiary/aromatic N) is 2. The summed E-state index contributed by atoms with van der Waals surface area (Å²) in [6.45, 7) is 1.93. The number of nitrogens with one attached hydrogen (secondary N) is 1. The van der Waals surface area contributed by atoms with E-state index in [4.69, 9.17) is 0 Å². The van der Waals surface area contributed by atoms with Crippen molar-refractivity contribution >= 4 is 23.5 Å². The van der Waals surface area contributed by atoms with E-state index in [0.717, 1.165) is 17.0 Å². The van der Waals surface area contributed by atoms with Crippen molar-refractivity contribution < 1.29 is 4.79 Å². The van der Waals surface area contributed by atoms with Gasteiger partial charge in [0.15, 0.2) is 5.82 Å². The summed E-state index contributed by atoms with van der Waals surface area (Å²) in [7, 11) is 0. The molecule has 0 fully saturated rings. The molecule has 0 spiro atoms. The molecule has 0 saturated heterocycles. The molecule has 122 valence electrons. The minimum Gasteiger partial charge on any atom is -0.305 e. The van der Waals surface area contributed by atoms with E-state index < -0.39 is 0 Å². The SMILES string of the molecule is CSCc1ccc(C(=O)Nc2nn(-c3ccccc3)cc2C)cc1. The lowest BCUT2D eigenvalue weighted by atomic mass is 10.1. The number of amides is 1. The Morgan fingerprint density at radius 1 is 1.12 bits per heavy atom. The maximum absolute atomic E-state index is 12.4. The van der Waals surface area contributed by atoms with Crippen LogP contribution in [0.5, 0.6) is 0 Å². The number of aryl methyl sites for hydroxylation is 1. The standard InChI is InChI=1S/C19H19N3OS/c1-14-12-22(17-6-4-3-5-7-17)21-18(14)20-19(23)16-10-8-15(9-11-16)13-24-2/h3-12H,13H2,1-2H3,(H,20,21,23). The van der Waals surface area contributed by atoms with Gasteiger partial charge in [-0.1, -0.05) is 30.3 Å². The second-order valence-corrected chi connectivity index (χ2v) is 6.39. The van der Waals surface area contributed by atoms with E-state index in [1.54, 1.807) is 16.4 Å². The van der Waals surface area contributed by atoms with Gasteiger partial charge in [-0.2, -0.15) is 11.8 Å². The number of carbonyl (C=O) groups excluding carboxylic acids is 1. The van der Waals surface area contributed by atoms with Crippen LogP contribution < -0.4 is 5.32 Å². The fourth-order valence-corrected chi connectivity index (χ4v) is 2.92. The zero-order valence-electron chi connectivity index (χ0n) is 13.7. The lowest BCUT2D eigenvalue weighted by molar-refractivity contribution is 0.102. The highest BCUT2D eigenvalue weighted by atomic mass is 32.2. The van der Waals surface area contributed by atoms with Gasteiger partial charge in [0, 0.05) is 23.1 Å². The highest BCUT2D eigenvalue weighted by molar-refractivity contribution is 7.97. The third-order valence-electron chi connectivity index (χ3n) is 3.68. The summed E-state index contributed by atoms with van der Waals surface area (Å²) >= 11 is 1.76. The van der Waals surface area contributed by atoms with E-state index >= 15 is 0 Å². The Kier molecular flexibility index (Phi) is 5.01. The van der Waals surface area contributed by atoms with Crippen molar-refractivity contribution in [2.45, 2.75) is 12.7 Å². The zero-order chi connectivity index (χ0) is 16.9. The van der Waals surface area contributed by atoms with Gasteiger partial charge in [0.05, 0.1) is 5.69 Å². The van der Waals surface area contributed by atoms with Crippen LogP contribution in [0.1, 0.15) is 21.5 Å². The van der Waals surface area contributed by atoms with Crippen LogP contribution in [0.25, 0.3) is 5.69 Å². The van der Waals surface area contributed by atoms with Gasteiger partial charge in [0.1, 0.15) is 0 Å². The molecule has 0 radical (unpaired) electrons. The first-order chi connectivity index (χ1) is 11.7. The first-order valence-corrected chi connectivity index (χ1v) is 9.07. The van der Waals surface area contributed by atoms with Gasteiger partial charge >= 0.3 is 0 Å². The molecule has 0 aliphatic carbocycles. The Labute approximate surface area is 145 Å². The smallest absolute Gasteiger partial charge is 0.256 e. The average Bonchev–Trinajstić information content (AvgIpc) is 2.97. The third-order valence-corrected chi connectivity index (χ3v) is 4.30. The molecule has 1 aromatic heterocycles. The number of benzene rings is 2. The van der Waals surface area contributed by atoms with Crippen molar-refractivity contribution in [2.75, 3.05) is 11.6 Å². The molecule has 2 aromatic carbocycles. The molecule has 1 amide bonds. The predicted molar refractivity (Wildman–Crippen MR) is 99.9 cm³/mol. The van der Waals surface area contributed by atoms with Gasteiger partial charge in [-0.05, 0) is 43.0 Å². The molecule has 0 aliphatic heterocycles. The van der Waals surface area contributed by atoms with E-state index in [2.05, 4.69) is 16.7 Å². The molecule has 24 heavy (non-hydrogen) atoms. The first-order valence-electron chi connectivity index (χ1n) is 7.68. The Hall–Kier alpha value is -2.53. The monoisotopic (exact) mass is 337 g/mol. The molecule has 3 aromatic rings. The van der Waals surface area contributed by atoms with Crippen LogP contribution in [0.3, 0.4) is 0 Å². The molecule has 1 heterocycles. The van der Waals surface area contributed by atoms with Crippen molar-refractivity contribution in [1.82, 2.24) is 9.78 Å². The normalized spacial score (nSPS) is 10.6. The molecular weight excluding hydrogens is 318 g/mol. The molecule has 3 rings (SSSR count). The molecule has 0 unspecified atom stereocenters. The topological polar surface area (TPSA) is 46.9 Å². The van der Waals surface area contributed by atoms with E-state index in [9.17, 15) is 4.79 Å². The summed E-state index contributed by atoms with van der Waals surface area (Å²) < 4.78 is 1.77. The maximum atomic E-state index is 12.4. The van der Waals surface area contributed by atoms with Gasteiger partial charge in [-0.15, -0.1) is 5.10 Å². The highest BCUT2D eigenvalue weighted by Gasteiger charge is 2.11. The number of rotatable bonds is 5. The number of aromatic nitrogens is 2. The Balaban J connectivity index is 1.76. The third kappa shape index (κ3) is 3.68. The van der Waals surface area contributed by atoms with Crippen LogP contribution in [-0.4, -0.2) is 21.9 Å². The van der Waals surface area contributed by atoms with Gasteiger partial charge < -0.3 is 5.32 Å². The van der Waals surface area contributed by atoms with E-state index in [-0.39, 0.29) is 5.91 Å². The minimum absolute atomic E-state index is 0.146. The second-order valence-electron chi connectivity index (χ2n) is 5.52. The molecule has 0 bridgehead atoms. The lowest BCUT2D eigenvalue weighted by Gasteiger charge is -2.05. The number of carbonyl (C=O) groups is 1. The predicted octanol–water partition coefficient (Wildman–Crippen LogP) is 4.30. The largest absolute Gasteiger partial charge is 0.305 e. The van der Waals surface area contributed by atoms with Crippen LogP contribution in [0.4, 0.5) is 5.82 Å². The summed E-state index contributed by atoms with van der Waals surface area (Å²) in [5.41, 5.74) is 3.73. The van der Waals surface area contributed by atoms with Crippen LogP contribution in [0, 0.1) is 6.92 Å². The zero-order valence-corrected chi connectivity index (χ0v) is 14.5. The average molecular weight is 337 g/mol. The van der Waals surface area contributed by atoms with Crippen molar-refractivity contribution in [2.24, 2.45) is 0 Å². The molecule has 4 nitrogen and oxygen atoms in total. The fraction of sp³-hybridized carbons (Fsp3) is 0.158. The molecule has 0 aliphatic rings. The number of hydrogen-bond donors (Lipinski definition) is 1. The Morgan fingerprint density at radius 3 is 2.50 bits per heavy atom. The number of hydrogen-bond acceptors (Lipinski definition) is 3. The summed E-state index contributed by atoms with van der Waals surface area (Å²) in [4.78, 5) is 12.4. The molecule has 5 heteroatoms.